The molecule has 1 aromatic heterocycles. The van der Waals surface area contributed by atoms with E-state index >= 15 is 0 Å². The first-order valence-corrected chi connectivity index (χ1v) is 6.52. The van der Waals surface area contributed by atoms with Gasteiger partial charge in [-0.25, -0.2) is 4.98 Å². The quantitative estimate of drug-likeness (QED) is 0.654. The monoisotopic (exact) mass is 299 g/mol. The van der Waals surface area contributed by atoms with Crippen molar-refractivity contribution in [3.63, 3.8) is 0 Å². The average Bonchev–Trinajstić information content (AvgIpc) is 2.74. The van der Waals surface area contributed by atoms with Crippen molar-refractivity contribution >= 4 is 29.1 Å². The topological polar surface area (TPSA) is 105 Å². The highest BCUT2D eigenvalue weighted by Gasteiger charge is 2.45. The molecule has 1 aliphatic carbocycles. The van der Waals surface area contributed by atoms with Crippen molar-refractivity contribution in [3.8, 4) is 0 Å². The third-order valence-electron chi connectivity index (χ3n) is 3.80. The number of carboxylic acid groups (broad SMARTS) is 1. The van der Waals surface area contributed by atoms with E-state index in [1.165, 1.54) is 6.07 Å². The summed E-state index contributed by atoms with van der Waals surface area (Å²) in [6, 6.07) is 0.899. The van der Waals surface area contributed by atoms with E-state index in [2.05, 4.69) is 10.3 Å². The molecule has 1 heterocycles. The molecule has 2 N–H and O–H groups in total. The van der Waals surface area contributed by atoms with E-state index in [1.54, 1.807) is 6.92 Å². The molecule has 1 fully saturated rings. The minimum Gasteiger partial charge on any atom is -0.481 e. The van der Waals surface area contributed by atoms with Gasteiger partial charge in [-0.15, -0.1) is 0 Å². The molecule has 0 radical (unpaired) electrons. The van der Waals surface area contributed by atoms with Crippen LogP contribution in [0.1, 0.15) is 26.2 Å². The Balaban J connectivity index is 2.22. The Hall–Kier alpha value is -1.89. The van der Waals surface area contributed by atoms with E-state index in [0.717, 1.165) is 12.6 Å². The van der Waals surface area contributed by atoms with Gasteiger partial charge < -0.3 is 10.4 Å². The molecular formula is C12H14ClN3O4. The Labute approximate surface area is 120 Å². The standard InChI is InChI=1S/C12H14ClN3O4/c1-12(11(17)18)4-2-3-9(12)15-10-8(13)5-7(6-14-10)16(19)20/h5-6,9H,2-4H2,1H3,(H,14,15)(H,17,18). The molecule has 1 aromatic rings. The number of aromatic nitrogens is 1. The lowest BCUT2D eigenvalue weighted by atomic mass is 9.85. The van der Waals surface area contributed by atoms with Crippen LogP contribution in [0.5, 0.6) is 0 Å². The number of halogens is 1. The van der Waals surface area contributed by atoms with Crippen LogP contribution in [-0.2, 0) is 4.79 Å². The number of nitrogens with zero attached hydrogens (tertiary/aromatic N) is 2. The summed E-state index contributed by atoms with van der Waals surface area (Å²) in [4.78, 5) is 25.3. The maximum atomic E-state index is 11.4. The Morgan fingerprint density at radius 2 is 2.40 bits per heavy atom. The van der Waals surface area contributed by atoms with Crippen molar-refractivity contribution in [1.82, 2.24) is 4.98 Å². The number of pyridine rings is 1. The molecule has 7 nitrogen and oxygen atoms in total. The first-order valence-electron chi connectivity index (χ1n) is 6.14. The summed E-state index contributed by atoms with van der Waals surface area (Å²) in [5, 5.41) is 23.0. The molecule has 2 unspecified atom stereocenters. The SMILES string of the molecule is CC1(C(=O)O)CCCC1Nc1ncc([N+](=O)[O-])cc1Cl. The van der Waals surface area contributed by atoms with E-state index in [0.29, 0.717) is 12.8 Å². The van der Waals surface area contributed by atoms with Gasteiger partial charge in [0.2, 0.25) is 0 Å². The average molecular weight is 300 g/mol. The van der Waals surface area contributed by atoms with Crippen molar-refractivity contribution in [1.29, 1.82) is 0 Å². The number of carbonyl (C=O) groups is 1. The van der Waals surface area contributed by atoms with Gasteiger partial charge in [0.25, 0.3) is 5.69 Å². The molecule has 108 valence electrons. The fourth-order valence-corrected chi connectivity index (χ4v) is 2.67. The van der Waals surface area contributed by atoms with Gasteiger partial charge in [0, 0.05) is 12.1 Å². The molecule has 1 saturated carbocycles. The van der Waals surface area contributed by atoms with Gasteiger partial charge in [0.15, 0.2) is 0 Å². The molecule has 0 amide bonds. The summed E-state index contributed by atoms with van der Waals surface area (Å²) in [7, 11) is 0. The molecule has 1 aliphatic rings. The third kappa shape index (κ3) is 2.53. The van der Waals surface area contributed by atoms with Gasteiger partial charge in [-0.1, -0.05) is 18.0 Å². The zero-order chi connectivity index (χ0) is 14.9. The molecule has 0 bridgehead atoms. The number of rotatable bonds is 4. The number of carboxylic acids is 1. The number of nitro groups is 1. The molecule has 8 heteroatoms. The van der Waals surface area contributed by atoms with Gasteiger partial charge in [0.1, 0.15) is 12.0 Å². The van der Waals surface area contributed by atoms with Crippen molar-refractivity contribution in [2.24, 2.45) is 5.41 Å². The van der Waals surface area contributed by atoms with Gasteiger partial charge in [-0.3, -0.25) is 14.9 Å². The summed E-state index contributed by atoms with van der Waals surface area (Å²) in [5.74, 6) is -0.595. The number of aliphatic carboxylic acids is 1. The molecule has 2 rings (SSSR count). The van der Waals surface area contributed by atoms with Crippen molar-refractivity contribution in [2.75, 3.05) is 5.32 Å². The van der Waals surface area contributed by atoms with Crippen LogP contribution < -0.4 is 5.32 Å². The summed E-state index contributed by atoms with van der Waals surface area (Å²) >= 11 is 5.95. The summed E-state index contributed by atoms with van der Waals surface area (Å²) in [6.45, 7) is 1.68. The maximum absolute atomic E-state index is 11.4. The fourth-order valence-electron chi connectivity index (χ4n) is 2.45. The first kappa shape index (κ1) is 14.5. The van der Waals surface area contributed by atoms with E-state index in [4.69, 9.17) is 11.6 Å². The van der Waals surface area contributed by atoms with Gasteiger partial charge in [0.05, 0.1) is 15.4 Å². The van der Waals surface area contributed by atoms with Gasteiger partial charge in [-0.05, 0) is 19.8 Å². The van der Waals surface area contributed by atoms with Crippen molar-refractivity contribution in [2.45, 2.75) is 32.2 Å². The summed E-state index contributed by atoms with van der Waals surface area (Å²) < 4.78 is 0. The Morgan fingerprint density at radius 3 is 2.95 bits per heavy atom. The van der Waals surface area contributed by atoms with E-state index in [9.17, 15) is 20.0 Å². The molecule has 0 spiro atoms. The lowest BCUT2D eigenvalue weighted by molar-refractivity contribution is -0.385. The predicted octanol–water partition coefficient (Wildman–Crippen LogP) is 2.70. The van der Waals surface area contributed by atoms with E-state index in [1.807, 2.05) is 0 Å². The largest absolute Gasteiger partial charge is 0.481 e. The predicted molar refractivity (Wildman–Crippen MR) is 72.9 cm³/mol. The van der Waals surface area contributed by atoms with E-state index in [-0.39, 0.29) is 22.6 Å². The fraction of sp³-hybridized carbons (Fsp3) is 0.500. The van der Waals surface area contributed by atoms with Crippen LogP contribution in [0.25, 0.3) is 0 Å². The number of anilines is 1. The number of hydrogen-bond acceptors (Lipinski definition) is 5. The summed E-state index contributed by atoms with van der Waals surface area (Å²) in [6.07, 6.45) is 3.16. The van der Waals surface area contributed by atoms with Crippen LogP contribution in [0.3, 0.4) is 0 Å². The zero-order valence-corrected chi connectivity index (χ0v) is 11.6. The molecule has 0 saturated heterocycles. The molecule has 0 aromatic carbocycles. The van der Waals surface area contributed by atoms with Crippen molar-refractivity contribution in [3.05, 3.63) is 27.4 Å². The van der Waals surface area contributed by atoms with Gasteiger partial charge in [-0.2, -0.15) is 0 Å². The second kappa shape index (κ2) is 5.24. The third-order valence-corrected chi connectivity index (χ3v) is 4.08. The number of nitrogens with one attached hydrogen (secondary N) is 1. The lowest BCUT2D eigenvalue weighted by Gasteiger charge is -2.28. The van der Waals surface area contributed by atoms with Gasteiger partial charge >= 0.3 is 5.97 Å². The molecule has 0 aliphatic heterocycles. The van der Waals surface area contributed by atoms with Crippen molar-refractivity contribution < 1.29 is 14.8 Å². The second-order valence-corrected chi connectivity index (χ2v) is 5.50. The van der Waals surface area contributed by atoms with Crippen LogP contribution in [0.2, 0.25) is 5.02 Å². The van der Waals surface area contributed by atoms with Crippen LogP contribution >= 0.6 is 11.6 Å². The highest BCUT2D eigenvalue weighted by molar-refractivity contribution is 6.33. The Morgan fingerprint density at radius 1 is 1.70 bits per heavy atom. The maximum Gasteiger partial charge on any atom is 0.311 e. The number of hydrogen-bond donors (Lipinski definition) is 2. The van der Waals surface area contributed by atoms with Crippen LogP contribution in [-0.4, -0.2) is 27.0 Å². The molecular weight excluding hydrogens is 286 g/mol. The smallest absolute Gasteiger partial charge is 0.311 e. The summed E-state index contributed by atoms with van der Waals surface area (Å²) in [5.41, 5.74) is -1.08. The molecule has 20 heavy (non-hydrogen) atoms. The van der Waals surface area contributed by atoms with Crippen LogP contribution in [0.4, 0.5) is 11.5 Å². The zero-order valence-electron chi connectivity index (χ0n) is 10.8. The Kier molecular flexibility index (Phi) is 3.80. The lowest BCUT2D eigenvalue weighted by Crippen LogP contribution is -2.40. The molecule has 2 atom stereocenters. The minimum absolute atomic E-state index is 0.110. The highest BCUT2D eigenvalue weighted by Crippen LogP contribution is 2.40. The normalized spacial score (nSPS) is 25.4. The first-order chi connectivity index (χ1) is 9.34. The minimum atomic E-state index is -0.882. The second-order valence-electron chi connectivity index (χ2n) is 5.09. The Bertz CT molecular complexity index is 566. The van der Waals surface area contributed by atoms with E-state index < -0.39 is 16.3 Å². The van der Waals surface area contributed by atoms with Crippen LogP contribution in [0, 0.1) is 15.5 Å². The highest BCUT2D eigenvalue weighted by atomic mass is 35.5. The van der Waals surface area contributed by atoms with Crippen LogP contribution in [0.15, 0.2) is 12.3 Å².